The summed E-state index contributed by atoms with van der Waals surface area (Å²) in [5.74, 6) is 0.599. The van der Waals surface area contributed by atoms with Crippen LogP contribution in [-0.4, -0.2) is 159 Å². The Hall–Kier alpha value is -0.480. The molecule has 0 heterocycles. The van der Waals surface area contributed by atoms with Gasteiger partial charge in [0.05, 0.1) is 145 Å². The predicted molar refractivity (Wildman–Crippen MR) is 178 cm³/mol. The highest BCUT2D eigenvalue weighted by Crippen LogP contribution is 2.02. The van der Waals surface area contributed by atoms with Gasteiger partial charge in [-0.3, -0.25) is 0 Å². The smallest absolute Gasteiger partial charge is 0.0701 e. The zero-order valence-corrected chi connectivity index (χ0v) is 29.7. The van der Waals surface area contributed by atoms with Gasteiger partial charge in [0.15, 0.2) is 0 Å². The Balaban J connectivity index is 3.04. The van der Waals surface area contributed by atoms with Gasteiger partial charge in [0.25, 0.3) is 0 Å². The van der Waals surface area contributed by atoms with E-state index in [9.17, 15) is 0 Å². The summed E-state index contributed by atoms with van der Waals surface area (Å²) in [6, 6.07) is 0. The van der Waals surface area contributed by atoms with Crippen LogP contribution in [0.2, 0.25) is 0 Å². The van der Waals surface area contributed by atoms with Gasteiger partial charge < -0.3 is 56.8 Å². The first-order chi connectivity index (χ1) is 22.8. The van der Waals surface area contributed by atoms with Crippen LogP contribution in [-0.2, 0) is 56.8 Å². The molecule has 0 saturated heterocycles. The molecule has 0 aromatic rings. The highest BCUT2D eigenvalue weighted by molar-refractivity contribution is 4.46. The average molecular weight is 671 g/mol. The van der Waals surface area contributed by atoms with Gasteiger partial charge in [0.1, 0.15) is 0 Å². The molecule has 46 heavy (non-hydrogen) atoms. The van der Waals surface area contributed by atoms with Crippen molar-refractivity contribution in [3.8, 4) is 0 Å². The third kappa shape index (κ3) is 41.5. The van der Waals surface area contributed by atoms with Gasteiger partial charge in [0, 0.05) is 13.2 Å². The molecule has 12 nitrogen and oxygen atoms in total. The summed E-state index contributed by atoms with van der Waals surface area (Å²) in [5, 5.41) is 0. The molecule has 0 N–H and O–H groups in total. The molecule has 1 unspecified atom stereocenters. The topological polar surface area (TPSA) is 111 Å². The third-order valence-corrected chi connectivity index (χ3v) is 6.58. The molecule has 0 saturated carbocycles. The Kier molecular flexibility index (Phi) is 42.1. The van der Waals surface area contributed by atoms with Crippen molar-refractivity contribution in [2.24, 2.45) is 5.92 Å². The van der Waals surface area contributed by atoms with Gasteiger partial charge in [0.2, 0.25) is 0 Å². The summed E-state index contributed by atoms with van der Waals surface area (Å²) in [6.07, 6.45) is 7.42. The Morgan fingerprint density at radius 1 is 0.283 bits per heavy atom. The normalized spacial score (nSPS) is 12.3. The third-order valence-electron chi connectivity index (χ3n) is 6.58. The largest absolute Gasteiger partial charge is 0.379 e. The van der Waals surface area contributed by atoms with E-state index in [1.807, 2.05) is 0 Å². The zero-order chi connectivity index (χ0) is 33.3. The molecule has 12 heteroatoms. The SMILES string of the molecule is CCCCCCCOCCOCCOCCOCCOCCOCCOCCOCCOCCOCCOCCOCC(C)CC. The summed E-state index contributed by atoms with van der Waals surface area (Å²) in [5.41, 5.74) is 0. The molecule has 0 aliphatic rings. The maximum atomic E-state index is 5.56. The monoisotopic (exact) mass is 670 g/mol. The molecule has 278 valence electrons. The fourth-order valence-electron chi connectivity index (χ4n) is 3.63. The molecule has 0 bridgehead atoms. The average Bonchev–Trinajstić information content (AvgIpc) is 3.07. The van der Waals surface area contributed by atoms with Crippen LogP contribution in [0.3, 0.4) is 0 Å². The van der Waals surface area contributed by atoms with Crippen LogP contribution < -0.4 is 0 Å². The number of hydrogen-bond acceptors (Lipinski definition) is 12. The Labute approximate surface area is 280 Å². The minimum Gasteiger partial charge on any atom is -0.379 e. The standard InChI is InChI=1S/C34H70O12/c1-4-6-7-8-9-10-35-11-12-36-13-14-37-15-16-38-17-18-39-19-20-40-21-22-41-23-24-42-25-26-43-27-28-44-29-30-45-31-32-46-33-34(3)5-2/h34H,4-33H2,1-3H3. The van der Waals surface area contributed by atoms with E-state index in [1.54, 1.807) is 0 Å². The van der Waals surface area contributed by atoms with Crippen molar-refractivity contribution in [1.29, 1.82) is 0 Å². The first-order valence-corrected chi connectivity index (χ1v) is 17.7. The number of rotatable bonds is 42. The van der Waals surface area contributed by atoms with E-state index in [4.69, 9.17) is 56.8 Å². The molecule has 0 aromatic heterocycles. The van der Waals surface area contributed by atoms with E-state index in [0.29, 0.717) is 151 Å². The van der Waals surface area contributed by atoms with Crippen molar-refractivity contribution in [1.82, 2.24) is 0 Å². The fourth-order valence-corrected chi connectivity index (χ4v) is 3.63. The molecule has 1 atom stereocenters. The summed E-state index contributed by atoms with van der Waals surface area (Å²) in [4.78, 5) is 0. The zero-order valence-electron chi connectivity index (χ0n) is 29.7. The second kappa shape index (κ2) is 42.5. The second-order valence-electron chi connectivity index (χ2n) is 10.7. The molecule has 0 spiro atoms. The van der Waals surface area contributed by atoms with Gasteiger partial charge in [-0.25, -0.2) is 0 Å². The van der Waals surface area contributed by atoms with Crippen LogP contribution in [0, 0.1) is 5.92 Å². The minimum absolute atomic E-state index is 0.521. The van der Waals surface area contributed by atoms with Gasteiger partial charge in [-0.1, -0.05) is 52.9 Å². The quantitative estimate of drug-likeness (QED) is 0.0869. The molecular weight excluding hydrogens is 600 g/mol. The number of unbranched alkanes of at least 4 members (excludes halogenated alkanes) is 4. The highest BCUT2D eigenvalue weighted by atomic mass is 16.6. The molecule has 0 aromatic carbocycles. The maximum absolute atomic E-state index is 5.56. The summed E-state index contributed by atoms with van der Waals surface area (Å²) < 4.78 is 66.0. The molecule has 0 fully saturated rings. The van der Waals surface area contributed by atoms with Crippen LogP contribution in [0.1, 0.15) is 59.3 Å². The van der Waals surface area contributed by atoms with E-state index in [1.165, 1.54) is 25.7 Å². The minimum atomic E-state index is 0.521. The van der Waals surface area contributed by atoms with Crippen molar-refractivity contribution in [3.05, 3.63) is 0 Å². The van der Waals surface area contributed by atoms with E-state index < -0.39 is 0 Å². The van der Waals surface area contributed by atoms with Crippen molar-refractivity contribution >= 4 is 0 Å². The van der Waals surface area contributed by atoms with Crippen molar-refractivity contribution in [2.75, 3.05) is 159 Å². The Bertz CT molecular complexity index is 532. The molecule has 0 radical (unpaired) electrons. The lowest BCUT2D eigenvalue weighted by atomic mass is 10.1. The lowest BCUT2D eigenvalue weighted by Crippen LogP contribution is -2.15. The molecule has 0 aliphatic heterocycles. The lowest BCUT2D eigenvalue weighted by Gasteiger charge is -2.10. The van der Waals surface area contributed by atoms with E-state index in [0.717, 1.165) is 26.1 Å². The molecule has 0 aliphatic carbocycles. The summed E-state index contributed by atoms with van der Waals surface area (Å²) in [6.45, 7) is 20.3. The Morgan fingerprint density at radius 2 is 0.522 bits per heavy atom. The van der Waals surface area contributed by atoms with Crippen LogP contribution in [0.25, 0.3) is 0 Å². The van der Waals surface area contributed by atoms with Crippen molar-refractivity contribution < 1.29 is 56.8 Å². The fraction of sp³-hybridized carbons (Fsp3) is 1.00. The maximum Gasteiger partial charge on any atom is 0.0701 e. The van der Waals surface area contributed by atoms with Gasteiger partial charge in [-0.2, -0.15) is 0 Å². The van der Waals surface area contributed by atoms with Crippen LogP contribution >= 0.6 is 0 Å². The first-order valence-electron chi connectivity index (χ1n) is 17.7. The van der Waals surface area contributed by atoms with Gasteiger partial charge >= 0.3 is 0 Å². The first kappa shape index (κ1) is 45.5. The van der Waals surface area contributed by atoms with Gasteiger partial charge in [-0.05, 0) is 12.3 Å². The van der Waals surface area contributed by atoms with Crippen LogP contribution in [0.15, 0.2) is 0 Å². The second-order valence-corrected chi connectivity index (χ2v) is 10.7. The number of hydrogen-bond donors (Lipinski definition) is 0. The van der Waals surface area contributed by atoms with Crippen LogP contribution in [0.5, 0.6) is 0 Å². The molecular formula is C34H70O12. The predicted octanol–water partition coefficient (Wildman–Crippen LogP) is 4.20. The summed E-state index contributed by atoms with van der Waals surface area (Å²) >= 11 is 0. The van der Waals surface area contributed by atoms with E-state index >= 15 is 0 Å². The summed E-state index contributed by atoms with van der Waals surface area (Å²) in [7, 11) is 0. The van der Waals surface area contributed by atoms with E-state index in [-0.39, 0.29) is 0 Å². The molecule has 0 rings (SSSR count). The lowest BCUT2D eigenvalue weighted by molar-refractivity contribution is -0.0286. The van der Waals surface area contributed by atoms with Crippen LogP contribution in [0.4, 0.5) is 0 Å². The van der Waals surface area contributed by atoms with Crippen molar-refractivity contribution in [2.45, 2.75) is 59.3 Å². The molecule has 0 amide bonds. The van der Waals surface area contributed by atoms with E-state index in [2.05, 4.69) is 20.8 Å². The van der Waals surface area contributed by atoms with Crippen molar-refractivity contribution in [3.63, 3.8) is 0 Å². The highest BCUT2D eigenvalue weighted by Gasteiger charge is 1.99. The Morgan fingerprint density at radius 3 is 0.783 bits per heavy atom. The van der Waals surface area contributed by atoms with Gasteiger partial charge in [-0.15, -0.1) is 0 Å². The number of ether oxygens (including phenoxy) is 12.